The molecule has 0 heterocycles. The first-order valence-corrected chi connectivity index (χ1v) is 6.70. The van der Waals surface area contributed by atoms with Gasteiger partial charge in [-0.2, -0.15) is 0 Å². The minimum Gasteiger partial charge on any atom is -0.396 e. The standard InChI is InChI=1S/C14H25NO2/c1-14(5-6-16,10-17-2)15-9-13-8-11-3-4-12(13)7-11/h3-4,11-13,15-16H,5-10H2,1-2H3/t11-,12-,13+,14+/m0/s1. The highest BCUT2D eigenvalue weighted by Gasteiger charge is 2.36. The molecule has 1 fully saturated rings. The predicted octanol–water partition coefficient (Wildman–Crippen LogP) is 1.58. The predicted molar refractivity (Wildman–Crippen MR) is 68.8 cm³/mol. The lowest BCUT2D eigenvalue weighted by Crippen LogP contribution is -2.49. The number of nitrogens with one attached hydrogen (secondary N) is 1. The van der Waals surface area contributed by atoms with E-state index in [9.17, 15) is 0 Å². The first-order chi connectivity index (χ1) is 8.17. The first-order valence-electron chi connectivity index (χ1n) is 6.70. The maximum absolute atomic E-state index is 9.12. The zero-order valence-corrected chi connectivity index (χ0v) is 11.0. The molecule has 17 heavy (non-hydrogen) atoms. The van der Waals surface area contributed by atoms with E-state index in [1.807, 2.05) is 0 Å². The Morgan fingerprint density at radius 2 is 2.24 bits per heavy atom. The van der Waals surface area contributed by atoms with Gasteiger partial charge < -0.3 is 15.2 Å². The fourth-order valence-corrected chi connectivity index (χ4v) is 3.28. The Morgan fingerprint density at radius 1 is 1.41 bits per heavy atom. The molecule has 98 valence electrons. The number of methoxy groups -OCH3 is 1. The molecule has 2 aliphatic rings. The van der Waals surface area contributed by atoms with Crippen LogP contribution in [0.4, 0.5) is 0 Å². The number of hydrogen-bond donors (Lipinski definition) is 2. The van der Waals surface area contributed by atoms with Gasteiger partial charge in [0.25, 0.3) is 0 Å². The van der Waals surface area contributed by atoms with Gasteiger partial charge in [0.15, 0.2) is 0 Å². The van der Waals surface area contributed by atoms with Crippen molar-refractivity contribution in [2.75, 3.05) is 26.9 Å². The normalized spacial score (nSPS) is 34.2. The summed E-state index contributed by atoms with van der Waals surface area (Å²) in [6.45, 7) is 4.05. The summed E-state index contributed by atoms with van der Waals surface area (Å²) >= 11 is 0. The molecule has 0 amide bonds. The van der Waals surface area contributed by atoms with Crippen LogP contribution < -0.4 is 5.32 Å². The first kappa shape index (κ1) is 13.1. The molecular weight excluding hydrogens is 214 g/mol. The summed E-state index contributed by atoms with van der Waals surface area (Å²) in [5, 5.41) is 12.7. The average molecular weight is 239 g/mol. The quantitative estimate of drug-likeness (QED) is 0.663. The van der Waals surface area contributed by atoms with E-state index >= 15 is 0 Å². The van der Waals surface area contributed by atoms with Crippen LogP contribution in [0.5, 0.6) is 0 Å². The molecule has 2 N–H and O–H groups in total. The van der Waals surface area contributed by atoms with E-state index < -0.39 is 0 Å². The minimum absolute atomic E-state index is 0.0882. The van der Waals surface area contributed by atoms with E-state index in [1.165, 1.54) is 12.8 Å². The zero-order valence-electron chi connectivity index (χ0n) is 11.0. The van der Waals surface area contributed by atoms with Crippen molar-refractivity contribution in [1.82, 2.24) is 5.32 Å². The van der Waals surface area contributed by atoms with E-state index in [0.717, 1.165) is 30.7 Å². The van der Waals surface area contributed by atoms with Crippen LogP contribution in [0, 0.1) is 17.8 Å². The van der Waals surface area contributed by atoms with Gasteiger partial charge in [0, 0.05) is 19.3 Å². The highest BCUT2D eigenvalue weighted by atomic mass is 16.5. The summed E-state index contributed by atoms with van der Waals surface area (Å²) in [4.78, 5) is 0. The smallest absolute Gasteiger partial charge is 0.0642 e. The van der Waals surface area contributed by atoms with Gasteiger partial charge in [0.2, 0.25) is 0 Å². The second-order valence-corrected chi connectivity index (χ2v) is 5.89. The number of allylic oxidation sites excluding steroid dienone is 2. The van der Waals surface area contributed by atoms with Crippen LogP contribution in [-0.4, -0.2) is 37.5 Å². The average Bonchev–Trinajstić information content (AvgIpc) is 2.89. The molecule has 3 nitrogen and oxygen atoms in total. The van der Waals surface area contributed by atoms with Crippen molar-refractivity contribution in [2.24, 2.45) is 17.8 Å². The fraction of sp³-hybridized carbons (Fsp3) is 0.857. The summed E-state index contributed by atoms with van der Waals surface area (Å²) in [7, 11) is 1.72. The maximum Gasteiger partial charge on any atom is 0.0642 e. The molecule has 0 aliphatic heterocycles. The van der Waals surface area contributed by atoms with Gasteiger partial charge in [0.05, 0.1) is 6.61 Å². The maximum atomic E-state index is 9.12. The fourth-order valence-electron chi connectivity index (χ4n) is 3.28. The minimum atomic E-state index is -0.0882. The Balaban J connectivity index is 1.81. The zero-order chi connectivity index (χ0) is 12.3. The van der Waals surface area contributed by atoms with Crippen molar-refractivity contribution in [3.63, 3.8) is 0 Å². The van der Waals surface area contributed by atoms with Crippen molar-refractivity contribution >= 4 is 0 Å². The van der Waals surface area contributed by atoms with Gasteiger partial charge in [-0.1, -0.05) is 12.2 Å². The number of aliphatic hydroxyl groups excluding tert-OH is 1. The lowest BCUT2D eigenvalue weighted by atomic mass is 9.91. The molecular formula is C14H25NO2. The third-order valence-corrected chi connectivity index (χ3v) is 4.33. The van der Waals surface area contributed by atoms with Crippen molar-refractivity contribution < 1.29 is 9.84 Å². The molecule has 0 aromatic heterocycles. The van der Waals surface area contributed by atoms with Crippen molar-refractivity contribution in [3.8, 4) is 0 Å². The molecule has 2 rings (SSSR count). The Labute approximate surface area is 104 Å². The SMILES string of the molecule is COC[C@@](C)(CCO)NC[C@H]1C[C@H]2C=C[C@H]1C2. The number of ether oxygens (including phenoxy) is 1. The van der Waals surface area contributed by atoms with Crippen LogP contribution in [0.1, 0.15) is 26.2 Å². The molecule has 0 aromatic rings. The summed E-state index contributed by atoms with van der Waals surface area (Å²) in [6, 6.07) is 0. The third-order valence-electron chi connectivity index (χ3n) is 4.33. The number of aliphatic hydroxyl groups is 1. The van der Waals surface area contributed by atoms with Crippen molar-refractivity contribution in [3.05, 3.63) is 12.2 Å². The molecule has 2 aliphatic carbocycles. The number of rotatable bonds is 7. The molecule has 2 bridgehead atoms. The van der Waals surface area contributed by atoms with Crippen LogP contribution in [0.3, 0.4) is 0 Å². The van der Waals surface area contributed by atoms with Crippen LogP contribution in [0.25, 0.3) is 0 Å². The molecule has 0 spiro atoms. The molecule has 0 aromatic carbocycles. The number of fused-ring (bicyclic) bond motifs is 2. The van der Waals surface area contributed by atoms with E-state index in [4.69, 9.17) is 9.84 Å². The topological polar surface area (TPSA) is 41.5 Å². The number of hydrogen-bond acceptors (Lipinski definition) is 3. The Morgan fingerprint density at radius 3 is 2.76 bits per heavy atom. The Kier molecular flexibility index (Phi) is 4.23. The molecule has 1 saturated carbocycles. The lowest BCUT2D eigenvalue weighted by Gasteiger charge is -2.32. The molecule has 0 radical (unpaired) electrons. The van der Waals surface area contributed by atoms with E-state index in [1.54, 1.807) is 7.11 Å². The van der Waals surface area contributed by atoms with Gasteiger partial charge in [-0.05, 0) is 50.5 Å². The van der Waals surface area contributed by atoms with Crippen LogP contribution in [0.15, 0.2) is 12.2 Å². The summed E-state index contributed by atoms with van der Waals surface area (Å²) in [5.41, 5.74) is -0.0882. The third kappa shape index (κ3) is 3.09. The molecule has 0 unspecified atom stereocenters. The Bertz CT molecular complexity index is 271. The van der Waals surface area contributed by atoms with Crippen molar-refractivity contribution in [2.45, 2.75) is 31.7 Å². The van der Waals surface area contributed by atoms with Crippen LogP contribution in [0.2, 0.25) is 0 Å². The van der Waals surface area contributed by atoms with Crippen LogP contribution in [-0.2, 0) is 4.74 Å². The lowest BCUT2D eigenvalue weighted by molar-refractivity contribution is 0.0940. The van der Waals surface area contributed by atoms with Gasteiger partial charge >= 0.3 is 0 Å². The van der Waals surface area contributed by atoms with E-state index in [-0.39, 0.29) is 12.1 Å². The summed E-state index contributed by atoms with van der Waals surface area (Å²) in [5.74, 6) is 2.40. The monoisotopic (exact) mass is 239 g/mol. The van der Waals surface area contributed by atoms with Gasteiger partial charge in [-0.15, -0.1) is 0 Å². The van der Waals surface area contributed by atoms with E-state index in [2.05, 4.69) is 24.4 Å². The Hall–Kier alpha value is -0.380. The second-order valence-electron chi connectivity index (χ2n) is 5.89. The molecule has 3 heteroatoms. The molecule has 0 saturated heterocycles. The second kappa shape index (κ2) is 5.51. The van der Waals surface area contributed by atoms with E-state index in [0.29, 0.717) is 6.61 Å². The highest BCUT2D eigenvalue weighted by Crippen LogP contribution is 2.43. The van der Waals surface area contributed by atoms with Gasteiger partial charge in [-0.25, -0.2) is 0 Å². The van der Waals surface area contributed by atoms with Gasteiger partial charge in [-0.3, -0.25) is 0 Å². The van der Waals surface area contributed by atoms with Gasteiger partial charge in [0.1, 0.15) is 0 Å². The highest BCUT2D eigenvalue weighted by molar-refractivity contribution is 5.10. The molecule has 4 atom stereocenters. The summed E-state index contributed by atoms with van der Waals surface area (Å²) in [6.07, 6.45) is 8.20. The van der Waals surface area contributed by atoms with Crippen molar-refractivity contribution in [1.29, 1.82) is 0 Å². The summed E-state index contributed by atoms with van der Waals surface area (Å²) < 4.78 is 5.25. The largest absolute Gasteiger partial charge is 0.396 e. The van der Waals surface area contributed by atoms with Crippen LogP contribution >= 0.6 is 0 Å².